The molecular weight excluding hydrogens is 462 g/mol. The van der Waals surface area contributed by atoms with E-state index in [0.717, 1.165) is 11.9 Å². The number of nitrogens with zero attached hydrogens (tertiary/aromatic N) is 4. The van der Waals surface area contributed by atoms with Gasteiger partial charge in [0.1, 0.15) is 4.70 Å². The normalized spacial score (nSPS) is 11.4. The lowest BCUT2D eigenvalue weighted by atomic mass is 10.1. The van der Waals surface area contributed by atoms with Crippen molar-refractivity contribution in [3.63, 3.8) is 0 Å². The Balaban J connectivity index is 1.54. The first kappa shape index (κ1) is 23.0. The van der Waals surface area contributed by atoms with Gasteiger partial charge in [-0.2, -0.15) is 0 Å². The van der Waals surface area contributed by atoms with E-state index in [1.807, 2.05) is 15.8 Å². The van der Waals surface area contributed by atoms with Gasteiger partial charge < -0.3 is 10.1 Å². The van der Waals surface area contributed by atoms with Gasteiger partial charge in [-0.05, 0) is 48.1 Å². The van der Waals surface area contributed by atoms with Crippen LogP contribution in [0.2, 0.25) is 0 Å². The molecular formula is C22H23N5O4S2. The molecule has 0 spiro atoms. The van der Waals surface area contributed by atoms with Crippen LogP contribution in [0.15, 0.2) is 45.7 Å². The maximum atomic E-state index is 13.0. The van der Waals surface area contributed by atoms with Gasteiger partial charge in [0, 0.05) is 12.2 Å². The van der Waals surface area contributed by atoms with Gasteiger partial charge in [0.2, 0.25) is 11.7 Å². The van der Waals surface area contributed by atoms with Crippen molar-refractivity contribution in [3.8, 4) is 0 Å². The molecule has 11 heteroatoms. The lowest BCUT2D eigenvalue weighted by Gasteiger charge is -2.10. The van der Waals surface area contributed by atoms with Gasteiger partial charge in [-0.3, -0.25) is 18.6 Å². The molecule has 3 aromatic heterocycles. The number of aryl methyl sites for hydroxylation is 1. The maximum Gasteiger partial charge on any atom is 0.337 e. The Hall–Kier alpha value is -3.18. The number of thioether (sulfide) groups is 1. The lowest BCUT2D eigenvalue weighted by molar-refractivity contribution is -0.113. The highest BCUT2D eigenvalue weighted by atomic mass is 32.2. The molecule has 4 rings (SSSR count). The van der Waals surface area contributed by atoms with E-state index in [2.05, 4.69) is 34.1 Å². The highest BCUT2D eigenvalue weighted by Crippen LogP contribution is 2.25. The van der Waals surface area contributed by atoms with E-state index in [1.54, 1.807) is 28.8 Å². The highest BCUT2D eigenvalue weighted by Gasteiger charge is 2.18. The molecule has 33 heavy (non-hydrogen) atoms. The summed E-state index contributed by atoms with van der Waals surface area (Å²) in [7, 11) is 1.32. The molecule has 0 saturated carbocycles. The topological polar surface area (TPSA) is 108 Å². The first-order chi connectivity index (χ1) is 15.9. The van der Waals surface area contributed by atoms with Crippen LogP contribution in [-0.2, 0) is 16.1 Å². The SMILES string of the molecule is COC(=O)c1ccc(NC(=O)CSc2nnc3n(CCC(C)C)c(=O)c4sccc4n23)cc1. The van der Waals surface area contributed by atoms with Gasteiger partial charge in [0.25, 0.3) is 5.56 Å². The standard InChI is InChI=1S/C22H23N5O4S2/c1-13(2)8-10-26-19(29)18-16(9-11-32-18)27-21(26)24-25-22(27)33-12-17(28)23-15-6-4-14(5-7-15)20(30)31-3/h4-7,9,11,13H,8,10,12H2,1-3H3,(H,23,28). The number of ether oxygens (including phenoxy) is 1. The average molecular weight is 486 g/mol. The fourth-order valence-electron chi connectivity index (χ4n) is 3.32. The summed E-state index contributed by atoms with van der Waals surface area (Å²) in [5.41, 5.74) is 1.66. The van der Waals surface area contributed by atoms with Crippen LogP contribution in [-0.4, -0.2) is 43.9 Å². The van der Waals surface area contributed by atoms with E-state index in [9.17, 15) is 14.4 Å². The van der Waals surface area contributed by atoms with Crippen molar-refractivity contribution in [3.05, 3.63) is 51.6 Å². The molecule has 0 radical (unpaired) electrons. The number of anilines is 1. The smallest absolute Gasteiger partial charge is 0.337 e. The van der Waals surface area contributed by atoms with Crippen LogP contribution in [0.1, 0.15) is 30.6 Å². The molecule has 172 valence electrons. The average Bonchev–Trinajstić information content (AvgIpc) is 3.44. The number of carbonyl (C=O) groups is 2. The van der Waals surface area contributed by atoms with E-state index < -0.39 is 5.97 Å². The molecule has 0 aliphatic heterocycles. The zero-order valence-electron chi connectivity index (χ0n) is 18.4. The number of hydrogen-bond acceptors (Lipinski definition) is 8. The van der Waals surface area contributed by atoms with Crippen molar-refractivity contribution in [2.45, 2.75) is 32.0 Å². The third-order valence-corrected chi connectivity index (χ3v) is 6.86. The van der Waals surface area contributed by atoms with Gasteiger partial charge in [-0.1, -0.05) is 25.6 Å². The summed E-state index contributed by atoms with van der Waals surface area (Å²) < 4.78 is 8.83. The third kappa shape index (κ3) is 4.79. The molecule has 0 bridgehead atoms. The fourth-order valence-corrected chi connectivity index (χ4v) is 4.88. The molecule has 9 nitrogen and oxygen atoms in total. The van der Waals surface area contributed by atoms with Crippen molar-refractivity contribution in [1.82, 2.24) is 19.2 Å². The summed E-state index contributed by atoms with van der Waals surface area (Å²) in [6, 6.07) is 8.33. The van der Waals surface area contributed by atoms with E-state index >= 15 is 0 Å². The van der Waals surface area contributed by atoms with Crippen molar-refractivity contribution in [2.24, 2.45) is 5.92 Å². The number of rotatable bonds is 8. The Bertz CT molecular complexity index is 1370. The van der Waals surface area contributed by atoms with Crippen molar-refractivity contribution < 1.29 is 14.3 Å². The Morgan fingerprint density at radius 1 is 1.18 bits per heavy atom. The number of thiophene rings is 1. The molecule has 0 saturated heterocycles. The number of esters is 1. The quantitative estimate of drug-likeness (QED) is 0.300. The summed E-state index contributed by atoms with van der Waals surface area (Å²) >= 11 is 2.63. The molecule has 0 atom stereocenters. The Morgan fingerprint density at radius 2 is 1.94 bits per heavy atom. The minimum absolute atomic E-state index is 0.0646. The predicted octanol–water partition coefficient (Wildman–Crippen LogP) is 3.67. The number of benzene rings is 1. The monoisotopic (exact) mass is 485 g/mol. The second-order valence-corrected chi connectivity index (χ2v) is 9.66. The Kier molecular flexibility index (Phi) is 6.80. The summed E-state index contributed by atoms with van der Waals surface area (Å²) in [5, 5.41) is 13.7. The number of amides is 1. The van der Waals surface area contributed by atoms with Crippen molar-refractivity contribution in [2.75, 3.05) is 18.2 Å². The van der Waals surface area contributed by atoms with E-state index in [-0.39, 0.29) is 17.2 Å². The Morgan fingerprint density at radius 3 is 2.64 bits per heavy atom. The molecule has 0 unspecified atom stereocenters. The van der Waals surface area contributed by atoms with Crippen LogP contribution >= 0.6 is 23.1 Å². The van der Waals surface area contributed by atoms with Gasteiger partial charge in [0.15, 0.2) is 5.16 Å². The lowest BCUT2D eigenvalue weighted by Crippen LogP contribution is -2.23. The molecule has 0 fully saturated rings. The number of fused-ring (bicyclic) bond motifs is 3. The van der Waals surface area contributed by atoms with Crippen LogP contribution in [0.4, 0.5) is 5.69 Å². The molecule has 0 aliphatic carbocycles. The van der Waals surface area contributed by atoms with Gasteiger partial charge in [-0.25, -0.2) is 4.79 Å². The Labute approximate surface area is 197 Å². The maximum absolute atomic E-state index is 13.0. The number of methoxy groups -OCH3 is 1. The van der Waals surface area contributed by atoms with Crippen LogP contribution in [0, 0.1) is 5.92 Å². The first-order valence-electron chi connectivity index (χ1n) is 10.3. The van der Waals surface area contributed by atoms with Crippen LogP contribution in [0.3, 0.4) is 0 Å². The number of aromatic nitrogens is 4. The minimum Gasteiger partial charge on any atom is -0.465 e. The number of carbonyl (C=O) groups excluding carboxylic acids is 2. The summed E-state index contributed by atoms with van der Waals surface area (Å²) in [6.45, 7) is 4.77. The van der Waals surface area contributed by atoms with Crippen molar-refractivity contribution in [1.29, 1.82) is 0 Å². The summed E-state index contributed by atoms with van der Waals surface area (Å²) in [6.07, 6.45) is 0.846. The van der Waals surface area contributed by atoms with E-state index in [4.69, 9.17) is 0 Å². The first-order valence-corrected chi connectivity index (χ1v) is 12.2. The van der Waals surface area contributed by atoms with Crippen LogP contribution in [0.25, 0.3) is 16.0 Å². The summed E-state index contributed by atoms with van der Waals surface area (Å²) in [5.74, 6) is 0.369. The molecule has 4 aromatic rings. The van der Waals surface area contributed by atoms with Crippen molar-refractivity contribution >= 4 is 56.7 Å². The molecule has 1 amide bonds. The highest BCUT2D eigenvalue weighted by molar-refractivity contribution is 7.99. The van der Waals surface area contributed by atoms with E-state index in [1.165, 1.54) is 30.2 Å². The van der Waals surface area contributed by atoms with Crippen LogP contribution < -0.4 is 10.9 Å². The molecule has 1 N–H and O–H groups in total. The second-order valence-electron chi connectivity index (χ2n) is 7.80. The predicted molar refractivity (Wildman–Crippen MR) is 129 cm³/mol. The molecule has 1 aromatic carbocycles. The number of hydrogen-bond donors (Lipinski definition) is 1. The summed E-state index contributed by atoms with van der Waals surface area (Å²) in [4.78, 5) is 37.0. The van der Waals surface area contributed by atoms with Gasteiger partial charge >= 0.3 is 5.97 Å². The minimum atomic E-state index is -0.436. The van der Waals surface area contributed by atoms with Crippen LogP contribution in [0.5, 0.6) is 0 Å². The van der Waals surface area contributed by atoms with Gasteiger partial charge in [0.05, 0.1) is 23.9 Å². The van der Waals surface area contributed by atoms with Gasteiger partial charge in [-0.15, -0.1) is 21.5 Å². The van der Waals surface area contributed by atoms with E-state index in [0.29, 0.717) is 39.3 Å². The zero-order chi connectivity index (χ0) is 23.5. The zero-order valence-corrected chi connectivity index (χ0v) is 20.0. The fraction of sp³-hybridized carbons (Fsp3) is 0.318. The largest absolute Gasteiger partial charge is 0.465 e. The molecule has 3 heterocycles. The number of nitrogens with one attached hydrogen (secondary N) is 1. The third-order valence-electron chi connectivity index (χ3n) is 5.03. The second kappa shape index (κ2) is 9.75. The molecule has 0 aliphatic rings.